The van der Waals surface area contributed by atoms with E-state index >= 15 is 0 Å². The van der Waals surface area contributed by atoms with Crippen LogP contribution in [0.3, 0.4) is 0 Å². The maximum atomic E-state index is 4.75. The Morgan fingerprint density at radius 3 is 2.88 bits per heavy atom. The first-order valence-corrected chi connectivity index (χ1v) is 3.29. The highest BCUT2D eigenvalue weighted by atomic mass is 32.2. The summed E-state index contributed by atoms with van der Waals surface area (Å²) in [5, 5.41) is 0. The first-order chi connectivity index (χ1) is 3.83. The van der Waals surface area contributed by atoms with Gasteiger partial charge in [-0.2, -0.15) is 8.68 Å². The van der Waals surface area contributed by atoms with E-state index < -0.39 is 11.0 Å². The Kier molecular flexibility index (Phi) is 1.45. The van der Waals surface area contributed by atoms with Gasteiger partial charge in [0.25, 0.3) is 0 Å². The molecule has 0 aliphatic carbocycles. The van der Waals surface area contributed by atoms with Gasteiger partial charge in [0.15, 0.2) is 5.84 Å². The van der Waals surface area contributed by atoms with E-state index in [2.05, 4.69) is 22.3 Å². The van der Waals surface area contributed by atoms with E-state index in [0.29, 0.717) is 5.84 Å². The highest BCUT2D eigenvalue weighted by molar-refractivity contribution is 8.09. The van der Waals surface area contributed by atoms with Crippen molar-refractivity contribution < 1.29 is 4.28 Å². The van der Waals surface area contributed by atoms with Crippen molar-refractivity contribution in [3.05, 3.63) is 12.7 Å². The number of hydrogen-bond donors (Lipinski definition) is 1. The monoisotopic (exact) mass is 130 g/mol. The van der Waals surface area contributed by atoms with Crippen LogP contribution >= 0.6 is 11.0 Å². The molecule has 8 heavy (non-hydrogen) atoms. The van der Waals surface area contributed by atoms with Crippen molar-refractivity contribution in [1.82, 2.24) is 5.48 Å². The van der Waals surface area contributed by atoms with E-state index in [0.717, 1.165) is 0 Å². The summed E-state index contributed by atoms with van der Waals surface area (Å²) >= 11 is 0. The topological polar surface area (TPSA) is 33.6 Å². The van der Waals surface area contributed by atoms with Crippen molar-refractivity contribution in [2.24, 2.45) is 4.40 Å². The fourth-order valence-corrected chi connectivity index (χ4v) is 0.867. The number of nitrogens with one attached hydrogen (secondary N) is 1. The third-order valence-corrected chi connectivity index (χ3v) is 1.31. The second-order valence-electron chi connectivity index (χ2n) is 1.19. The van der Waals surface area contributed by atoms with Gasteiger partial charge in [-0.25, -0.2) is 5.48 Å². The minimum absolute atomic E-state index is 0.547. The molecule has 1 aliphatic rings. The van der Waals surface area contributed by atoms with Crippen LogP contribution < -0.4 is 5.48 Å². The number of hydrogen-bond acceptors (Lipinski definition) is 3. The molecule has 0 spiro atoms. The second-order valence-corrected chi connectivity index (χ2v) is 2.18. The molecule has 0 radical (unpaired) electrons. The zero-order valence-corrected chi connectivity index (χ0v) is 5.07. The zero-order chi connectivity index (χ0) is 5.98. The highest BCUT2D eigenvalue weighted by Crippen LogP contribution is 2.15. The lowest BCUT2D eigenvalue weighted by Gasteiger charge is -1.87. The molecule has 1 aliphatic heterocycles. The second kappa shape index (κ2) is 2.11. The predicted molar refractivity (Wildman–Crippen MR) is 36.6 cm³/mol. The minimum Gasteiger partial charge on any atom is -0.234 e. The molecule has 0 fully saturated rings. The molecule has 4 heteroatoms. The molecule has 1 heterocycles. The predicted octanol–water partition coefficient (Wildman–Crippen LogP) is 0.637. The summed E-state index contributed by atoms with van der Waals surface area (Å²) in [6, 6.07) is 0. The molecular formula is C4H6N2OS. The Morgan fingerprint density at radius 2 is 2.62 bits per heavy atom. The van der Waals surface area contributed by atoms with Crippen LogP contribution in [0.2, 0.25) is 0 Å². The summed E-state index contributed by atoms with van der Waals surface area (Å²) in [4.78, 5) is 0. The highest BCUT2D eigenvalue weighted by Gasteiger charge is 2.01. The van der Waals surface area contributed by atoms with Crippen molar-refractivity contribution in [2.45, 2.75) is 0 Å². The van der Waals surface area contributed by atoms with Crippen LogP contribution in [0.4, 0.5) is 0 Å². The van der Waals surface area contributed by atoms with Crippen molar-refractivity contribution in [3.63, 3.8) is 0 Å². The quantitative estimate of drug-likeness (QED) is 0.528. The lowest BCUT2D eigenvalue weighted by molar-refractivity contribution is 0.326. The van der Waals surface area contributed by atoms with Gasteiger partial charge in [-0.1, -0.05) is 6.58 Å². The molecular weight excluding hydrogens is 124 g/mol. The largest absolute Gasteiger partial charge is 0.234 e. The van der Waals surface area contributed by atoms with Crippen LogP contribution in [-0.2, 0) is 4.28 Å². The summed E-state index contributed by atoms with van der Waals surface area (Å²) in [5.74, 6) is 4.20. The van der Waals surface area contributed by atoms with E-state index in [1.54, 1.807) is 6.08 Å². The molecule has 0 amide bonds. The Labute approximate surface area is 50.3 Å². The van der Waals surface area contributed by atoms with Gasteiger partial charge >= 0.3 is 0 Å². The maximum absolute atomic E-state index is 4.75. The van der Waals surface area contributed by atoms with Gasteiger partial charge < -0.3 is 0 Å². The van der Waals surface area contributed by atoms with Crippen LogP contribution in [0.15, 0.2) is 17.1 Å². The first kappa shape index (κ1) is 5.53. The zero-order valence-electron chi connectivity index (χ0n) is 4.26. The van der Waals surface area contributed by atoms with Gasteiger partial charge in [-0.05, 0) is 11.9 Å². The Bertz CT molecular complexity index is 163. The Balaban J connectivity index is 2.70. The molecule has 0 aromatic carbocycles. The van der Waals surface area contributed by atoms with Gasteiger partial charge in [0, 0.05) is 0 Å². The molecule has 0 saturated heterocycles. The van der Waals surface area contributed by atoms with Crippen molar-refractivity contribution in [3.8, 4) is 0 Å². The van der Waals surface area contributed by atoms with Crippen LogP contribution in [-0.4, -0.2) is 11.7 Å². The van der Waals surface area contributed by atoms with E-state index in [-0.39, 0.29) is 0 Å². The average Bonchev–Trinajstić information content (AvgIpc) is 2.14. The fourth-order valence-electron chi connectivity index (χ4n) is 0.317. The fraction of sp³-hybridized carbons (Fsp3) is 0. The van der Waals surface area contributed by atoms with Gasteiger partial charge in [0.1, 0.15) is 0 Å². The van der Waals surface area contributed by atoms with Crippen LogP contribution in [0.1, 0.15) is 0 Å². The lowest BCUT2D eigenvalue weighted by atomic mass is 10.6. The number of nitrogens with zero attached hydrogens (tertiary/aromatic N) is 1. The maximum Gasteiger partial charge on any atom is 0.160 e. The van der Waals surface area contributed by atoms with E-state index in [1.807, 2.05) is 0 Å². The summed E-state index contributed by atoms with van der Waals surface area (Å²) in [6.07, 6.45) is 1.58. The van der Waals surface area contributed by atoms with Crippen molar-refractivity contribution in [2.75, 3.05) is 0 Å². The molecule has 1 N–H and O–H groups in total. The minimum atomic E-state index is -0.547. The number of rotatable bonds is 1. The van der Waals surface area contributed by atoms with Crippen LogP contribution in [0.5, 0.6) is 0 Å². The lowest BCUT2D eigenvalue weighted by Crippen LogP contribution is -2.11. The average molecular weight is 130 g/mol. The molecule has 0 aromatic rings. The van der Waals surface area contributed by atoms with E-state index in [4.69, 9.17) is 4.28 Å². The summed E-state index contributed by atoms with van der Waals surface area (Å²) in [7, 11) is -0.547. The normalized spacial score (nSPS) is 26.5. The molecule has 0 bridgehead atoms. The number of hydroxylamine groups is 1. The van der Waals surface area contributed by atoms with Gasteiger partial charge in [0.05, 0.1) is 11.0 Å². The molecule has 1 rings (SSSR count). The third-order valence-electron chi connectivity index (χ3n) is 0.636. The molecule has 0 aromatic heterocycles. The van der Waals surface area contributed by atoms with Crippen molar-refractivity contribution in [1.29, 1.82) is 0 Å². The molecule has 1 unspecified atom stereocenters. The van der Waals surface area contributed by atoms with E-state index in [9.17, 15) is 0 Å². The van der Waals surface area contributed by atoms with Gasteiger partial charge in [-0.3, -0.25) is 0 Å². The van der Waals surface area contributed by atoms with Crippen molar-refractivity contribution >= 4 is 22.7 Å². The smallest absolute Gasteiger partial charge is 0.160 e. The third kappa shape index (κ3) is 0.962. The van der Waals surface area contributed by atoms with E-state index in [1.165, 1.54) is 0 Å². The Morgan fingerprint density at radius 1 is 1.88 bits per heavy atom. The van der Waals surface area contributed by atoms with Gasteiger partial charge in [-0.15, -0.1) is 0 Å². The molecule has 3 nitrogen and oxygen atoms in total. The SMILES string of the molecule is C=CC1=NS(=C)ON1. The summed E-state index contributed by atoms with van der Waals surface area (Å²) in [6.45, 7) is 3.48. The molecule has 44 valence electrons. The molecule has 0 saturated carbocycles. The Hall–Kier alpha value is -0.610. The van der Waals surface area contributed by atoms with Gasteiger partial charge in [0.2, 0.25) is 0 Å². The molecule has 1 atom stereocenters. The summed E-state index contributed by atoms with van der Waals surface area (Å²) < 4.78 is 8.64. The summed E-state index contributed by atoms with van der Waals surface area (Å²) in [5.41, 5.74) is 2.54. The van der Waals surface area contributed by atoms with Crippen LogP contribution in [0.25, 0.3) is 0 Å². The first-order valence-electron chi connectivity index (χ1n) is 2.01. The standard InChI is InChI=1S/C4H6N2OS/c1-3-4-5-7-8(2)6-4/h3H,1-2H2,(H,5,6). The van der Waals surface area contributed by atoms with Crippen LogP contribution in [0, 0.1) is 0 Å². The number of amidine groups is 1.